The second-order valence-corrected chi connectivity index (χ2v) is 9.87. The molecule has 0 saturated carbocycles. The van der Waals surface area contributed by atoms with Crippen molar-refractivity contribution in [2.24, 2.45) is 11.8 Å². The van der Waals surface area contributed by atoms with E-state index >= 15 is 0 Å². The Balaban J connectivity index is 1.76. The molecule has 1 saturated heterocycles. The topological polar surface area (TPSA) is 95.7 Å². The molecule has 162 valence electrons. The van der Waals surface area contributed by atoms with Crippen molar-refractivity contribution in [2.75, 3.05) is 29.7 Å². The summed E-state index contributed by atoms with van der Waals surface area (Å²) in [6.07, 6.45) is 2.23. The number of carbonyl (C=O) groups is 1. The molecule has 30 heavy (non-hydrogen) atoms. The molecule has 1 fully saturated rings. The van der Waals surface area contributed by atoms with Crippen molar-refractivity contribution in [1.82, 2.24) is 10.3 Å². The van der Waals surface area contributed by atoms with E-state index in [0.717, 1.165) is 31.5 Å². The number of nitrogens with two attached hydrogens (primary N) is 1. The van der Waals surface area contributed by atoms with Crippen LogP contribution in [0.2, 0.25) is 0 Å². The van der Waals surface area contributed by atoms with Crippen LogP contribution in [0.5, 0.6) is 0 Å². The number of para-hydroxylation sites is 1. The van der Waals surface area contributed by atoms with Crippen LogP contribution in [-0.2, 0) is 16.6 Å². The van der Waals surface area contributed by atoms with Gasteiger partial charge in [0.15, 0.2) is 0 Å². The zero-order chi connectivity index (χ0) is 21.6. The molecule has 0 aromatic heterocycles. The summed E-state index contributed by atoms with van der Waals surface area (Å²) in [5.74, 6) is 5.57. The Morgan fingerprint density at radius 3 is 2.33 bits per heavy atom. The van der Waals surface area contributed by atoms with Gasteiger partial charge in [-0.25, -0.2) is 14.3 Å². The molecule has 0 unspecified atom stereocenters. The fourth-order valence-electron chi connectivity index (χ4n) is 3.60. The summed E-state index contributed by atoms with van der Waals surface area (Å²) in [6, 6.07) is 15.9. The van der Waals surface area contributed by atoms with E-state index in [4.69, 9.17) is 5.84 Å². The van der Waals surface area contributed by atoms with E-state index in [9.17, 15) is 13.2 Å². The van der Waals surface area contributed by atoms with Crippen LogP contribution in [0.1, 0.15) is 35.7 Å². The van der Waals surface area contributed by atoms with Gasteiger partial charge in [0.25, 0.3) is 5.91 Å². The van der Waals surface area contributed by atoms with Crippen molar-refractivity contribution in [3.8, 4) is 0 Å². The predicted octanol–water partition coefficient (Wildman–Crippen LogP) is 2.36. The predicted molar refractivity (Wildman–Crippen MR) is 119 cm³/mol. The second kappa shape index (κ2) is 10.1. The van der Waals surface area contributed by atoms with Gasteiger partial charge in [0.1, 0.15) is 0 Å². The number of nitrogens with zero attached hydrogens (tertiary/aromatic N) is 2. The number of hydrogen-bond donors (Lipinski definition) is 2. The Morgan fingerprint density at radius 1 is 1.10 bits per heavy atom. The molecule has 0 bridgehead atoms. The van der Waals surface area contributed by atoms with E-state index < -0.39 is 10.0 Å². The minimum atomic E-state index is -3.53. The van der Waals surface area contributed by atoms with Crippen LogP contribution in [0.25, 0.3) is 0 Å². The van der Waals surface area contributed by atoms with E-state index in [0.29, 0.717) is 23.7 Å². The lowest BCUT2D eigenvalue weighted by atomic mass is 9.99. The van der Waals surface area contributed by atoms with Crippen LogP contribution in [0.4, 0.5) is 5.69 Å². The number of anilines is 1. The Bertz CT molecular complexity index is 925. The Hall–Kier alpha value is -2.42. The maximum atomic E-state index is 13.3. The highest BCUT2D eigenvalue weighted by Gasteiger charge is 2.25. The summed E-state index contributed by atoms with van der Waals surface area (Å²) in [5, 5.41) is 0. The molecule has 3 rings (SSSR count). The molecule has 0 radical (unpaired) electrons. The standard InChI is InChI=1S/C22H30N4O3S/c1-18-11-13-25(14-12-18)15-16-30(28,29)26(21-5-3-2-4-6-21)17-19-7-9-20(10-8-19)22(27)24-23/h2-10,18H,11-17,23H2,1H3,(H,24,27). The number of carbonyl (C=O) groups excluding carboxylic acids is 1. The minimum absolute atomic E-state index is 0.0734. The SMILES string of the molecule is CC1CCN(CCS(=O)(=O)N(Cc2ccc(C(=O)NN)cc2)c2ccccc2)CC1. The first kappa shape index (κ1) is 22.3. The van der Waals surface area contributed by atoms with E-state index in [1.54, 1.807) is 36.4 Å². The van der Waals surface area contributed by atoms with Crippen LogP contribution >= 0.6 is 0 Å². The van der Waals surface area contributed by atoms with E-state index in [1.807, 2.05) is 18.2 Å². The number of likely N-dealkylation sites (tertiary alicyclic amines) is 1. The quantitative estimate of drug-likeness (QED) is 0.381. The lowest BCUT2D eigenvalue weighted by molar-refractivity contribution is 0.0953. The average Bonchev–Trinajstić information content (AvgIpc) is 2.77. The number of hydrazine groups is 1. The molecule has 0 atom stereocenters. The van der Waals surface area contributed by atoms with Gasteiger partial charge in [0, 0.05) is 12.1 Å². The first-order valence-corrected chi connectivity index (χ1v) is 11.9. The van der Waals surface area contributed by atoms with Crippen molar-refractivity contribution < 1.29 is 13.2 Å². The average molecular weight is 431 g/mol. The van der Waals surface area contributed by atoms with Gasteiger partial charge in [-0.1, -0.05) is 37.3 Å². The highest BCUT2D eigenvalue weighted by atomic mass is 32.2. The zero-order valence-electron chi connectivity index (χ0n) is 17.3. The smallest absolute Gasteiger partial charge is 0.265 e. The summed E-state index contributed by atoms with van der Waals surface area (Å²) in [7, 11) is -3.53. The molecule has 1 heterocycles. The molecule has 2 aromatic carbocycles. The zero-order valence-corrected chi connectivity index (χ0v) is 18.1. The van der Waals surface area contributed by atoms with Crippen LogP contribution in [-0.4, -0.2) is 44.6 Å². The van der Waals surface area contributed by atoms with Crippen molar-refractivity contribution >= 4 is 21.6 Å². The summed E-state index contributed by atoms with van der Waals surface area (Å²) < 4.78 is 28.0. The van der Waals surface area contributed by atoms with Gasteiger partial charge in [-0.05, 0) is 61.7 Å². The van der Waals surface area contributed by atoms with Crippen LogP contribution in [0, 0.1) is 5.92 Å². The lowest BCUT2D eigenvalue weighted by Crippen LogP contribution is -2.40. The van der Waals surface area contributed by atoms with E-state index in [-0.39, 0.29) is 18.2 Å². The van der Waals surface area contributed by atoms with Gasteiger partial charge in [-0.15, -0.1) is 0 Å². The number of rotatable bonds is 8. The normalized spacial score (nSPS) is 15.7. The first-order valence-electron chi connectivity index (χ1n) is 10.3. The Morgan fingerprint density at radius 2 is 1.73 bits per heavy atom. The maximum Gasteiger partial charge on any atom is 0.265 e. The van der Waals surface area contributed by atoms with Crippen LogP contribution < -0.4 is 15.6 Å². The van der Waals surface area contributed by atoms with Gasteiger partial charge in [0.05, 0.1) is 18.0 Å². The Kier molecular flexibility index (Phi) is 7.47. The molecule has 1 aliphatic heterocycles. The third kappa shape index (κ3) is 5.81. The number of sulfonamides is 1. The fraction of sp³-hybridized carbons (Fsp3) is 0.409. The molecule has 1 amide bonds. The summed E-state index contributed by atoms with van der Waals surface area (Å²) >= 11 is 0. The van der Waals surface area contributed by atoms with Gasteiger partial charge in [-0.3, -0.25) is 14.5 Å². The molecule has 3 N–H and O–H groups in total. The van der Waals surface area contributed by atoms with Gasteiger partial charge < -0.3 is 4.90 Å². The molecule has 8 heteroatoms. The fourth-order valence-corrected chi connectivity index (χ4v) is 5.09. The number of nitrogens with one attached hydrogen (secondary N) is 1. The molecule has 0 spiro atoms. The summed E-state index contributed by atoms with van der Waals surface area (Å²) in [4.78, 5) is 13.9. The third-order valence-corrected chi connectivity index (χ3v) is 7.31. The van der Waals surface area contributed by atoms with Gasteiger partial charge in [0.2, 0.25) is 10.0 Å². The summed E-state index contributed by atoms with van der Waals surface area (Å²) in [6.45, 7) is 4.88. The number of amides is 1. The van der Waals surface area contributed by atoms with Gasteiger partial charge >= 0.3 is 0 Å². The summed E-state index contributed by atoms with van der Waals surface area (Å²) in [5.41, 5.74) is 3.95. The van der Waals surface area contributed by atoms with E-state index in [2.05, 4.69) is 17.2 Å². The first-order chi connectivity index (χ1) is 14.4. The van der Waals surface area contributed by atoms with E-state index in [1.165, 1.54) is 4.31 Å². The molecule has 7 nitrogen and oxygen atoms in total. The molecular formula is C22H30N4O3S. The van der Waals surface area contributed by atoms with Gasteiger partial charge in [-0.2, -0.15) is 0 Å². The van der Waals surface area contributed by atoms with Crippen molar-refractivity contribution in [3.63, 3.8) is 0 Å². The minimum Gasteiger partial charge on any atom is -0.302 e. The molecule has 2 aromatic rings. The number of benzene rings is 2. The van der Waals surface area contributed by atoms with Crippen LogP contribution in [0.3, 0.4) is 0 Å². The molecule has 0 aliphatic carbocycles. The molecule has 1 aliphatic rings. The largest absolute Gasteiger partial charge is 0.302 e. The highest BCUT2D eigenvalue weighted by molar-refractivity contribution is 7.92. The second-order valence-electron chi connectivity index (χ2n) is 7.85. The number of nitrogen functional groups attached to an aromatic ring is 1. The van der Waals surface area contributed by atoms with Crippen molar-refractivity contribution in [3.05, 3.63) is 65.7 Å². The third-order valence-electron chi connectivity index (χ3n) is 5.60. The molecular weight excluding hydrogens is 400 g/mol. The monoisotopic (exact) mass is 430 g/mol. The maximum absolute atomic E-state index is 13.3. The van der Waals surface area contributed by atoms with Crippen molar-refractivity contribution in [2.45, 2.75) is 26.3 Å². The Labute approximate surface area is 178 Å². The number of piperidine rings is 1. The highest BCUT2D eigenvalue weighted by Crippen LogP contribution is 2.22. The van der Waals surface area contributed by atoms with Crippen LogP contribution in [0.15, 0.2) is 54.6 Å². The van der Waals surface area contributed by atoms with Crippen molar-refractivity contribution in [1.29, 1.82) is 0 Å². The number of hydrogen-bond acceptors (Lipinski definition) is 5. The lowest BCUT2D eigenvalue weighted by Gasteiger charge is -2.31.